The van der Waals surface area contributed by atoms with Gasteiger partial charge in [-0.3, -0.25) is 19.3 Å². The van der Waals surface area contributed by atoms with Gasteiger partial charge in [0.1, 0.15) is 22.8 Å². The molecule has 4 N–H and O–H groups in total. The molecule has 0 aromatic heterocycles. The zero-order valence-corrected chi connectivity index (χ0v) is 20.8. The topological polar surface area (TPSA) is 139 Å². The normalized spacial score (nSPS) is 28.2. The van der Waals surface area contributed by atoms with Crippen LogP contribution >= 0.6 is 0 Å². The van der Waals surface area contributed by atoms with Gasteiger partial charge in [-0.2, -0.15) is 0 Å². The maximum Gasteiger partial charge on any atom is 0.209 e. The smallest absolute Gasteiger partial charge is 0.209 e. The summed E-state index contributed by atoms with van der Waals surface area (Å²) in [5, 5.41) is 44.9. The van der Waals surface area contributed by atoms with E-state index in [1.165, 1.54) is 0 Å². The number of fused-ring (bicyclic) bond motifs is 3. The van der Waals surface area contributed by atoms with Crippen molar-refractivity contribution in [1.29, 1.82) is 0 Å². The van der Waals surface area contributed by atoms with E-state index in [0.717, 1.165) is 12.6 Å². The molecule has 0 saturated carbocycles. The summed E-state index contributed by atoms with van der Waals surface area (Å²) in [6, 6.07) is 0.913. The number of anilines is 1. The Kier molecular flexibility index (Phi) is 5.84. The number of allylic oxidation sites excluding steroid dienone is 1. The number of hydrogen-bond acceptors (Lipinski definition) is 9. The Hall–Kier alpha value is -3.17. The number of Topliss-reactive ketones (excluding diaryl/α,β-unsaturated/α-hetero) is 3. The molecule has 0 aliphatic heterocycles. The van der Waals surface area contributed by atoms with Crippen molar-refractivity contribution in [3.8, 4) is 5.75 Å². The van der Waals surface area contributed by atoms with E-state index in [9.17, 15) is 34.8 Å². The number of likely N-dealkylation sites (N-methyl/N-ethyl adjacent to an activating group) is 1. The first-order chi connectivity index (χ1) is 16.3. The molecule has 0 fully saturated rings. The van der Waals surface area contributed by atoms with Crippen LogP contribution in [-0.2, 0) is 22.4 Å². The molecule has 4 rings (SSSR count). The zero-order chi connectivity index (χ0) is 26.1. The van der Waals surface area contributed by atoms with Gasteiger partial charge in [-0.25, -0.2) is 0 Å². The summed E-state index contributed by atoms with van der Waals surface area (Å²) in [6.45, 7) is 2.95. The van der Waals surface area contributed by atoms with Gasteiger partial charge in [-0.1, -0.05) is 6.92 Å². The minimum atomic E-state index is -2.55. The van der Waals surface area contributed by atoms with Crippen molar-refractivity contribution in [2.45, 2.75) is 44.8 Å². The molecule has 0 unspecified atom stereocenters. The molecule has 188 valence electrons. The SMILES string of the molecule is CCc1cc(N(C)C)c2c(c1O)C(=O)C1=C(O)[C@]3(O)C(=O)C(C(C)=O)=C(O)[C@H](N(C)C)[C@@H]3C[C@@H]1C2. The summed E-state index contributed by atoms with van der Waals surface area (Å²) in [4.78, 5) is 42.9. The largest absolute Gasteiger partial charge is 0.510 e. The summed E-state index contributed by atoms with van der Waals surface area (Å²) in [6.07, 6.45) is 0.868. The molecular weight excluding hydrogens is 452 g/mol. The molecule has 0 saturated heterocycles. The Morgan fingerprint density at radius 2 is 1.77 bits per heavy atom. The van der Waals surface area contributed by atoms with Crippen molar-refractivity contribution in [2.24, 2.45) is 11.8 Å². The van der Waals surface area contributed by atoms with Crippen molar-refractivity contribution < 1.29 is 34.8 Å². The molecule has 3 aliphatic rings. The number of aliphatic hydroxyl groups excluding tert-OH is 2. The summed E-state index contributed by atoms with van der Waals surface area (Å²) >= 11 is 0. The third-order valence-electron chi connectivity index (χ3n) is 7.75. The summed E-state index contributed by atoms with van der Waals surface area (Å²) < 4.78 is 0. The number of carbonyl (C=O) groups excluding carboxylic acids is 3. The number of phenols is 1. The lowest BCUT2D eigenvalue weighted by Gasteiger charge is -2.50. The third-order valence-corrected chi connectivity index (χ3v) is 7.75. The van der Waals surface area contributed by atoms with Crippen molar-refractivity contribution >= 4 is 23.0 Å². The van der Waals surface area contributed by atoms with Gasteiger partial charge in [0.25, 0.3) is 0 Å². The first-order valence-corrected chi connectivity index (χ1v) is 11.7. The third kappa shape index (κ3) is 3.25. The van der Waals surface area contributed by atoms with Crippen LogP contribution in [0.5, 0.6) is 5.75 Å². The summed E-state index contributed by atoms with van der Waals surface area (Å²) in [7, 11) is 6.96. The second kappa shape index (κ2) is 8.20. The minimum absolute atomic E-state index is 0.0606. The van der Waals surface area contributed by atoms with E-state index in [-0.39, 0.29) is 29.7 Å². The molecule has 9 heteroatoms. The average molecular weight is 485 g/mol. The second-order valence-corrected chi connectivity index (χ2v) is 10.2. The van der Waals surface area contributed by atoms with Crippen LogP contribution < -0.4 is 4.90 Å². The first kappa shape index (κ1) is 24.9. The molecule has 0 bridgehead atoms. The number of hydrogen-bond donors (Lipinski definition) is 4. The van der Waals surface area contributed by atoms with Crippen molar-refractivity contribution in [3.63, 3.8) is 0 Å². The van der Waals surface area contributed by atoms with Gasteiger partial charge in [0.2, 0.25) is 5.78 Å². The first-order valence-electron chi connectivity index (χ1n) is 11.7. The minimum Gasteiger partial charge on any atom is -0.510 e. The van der Waals surface area contributed by atoms with E-state index in [2.05, 4.69) is 0 Å². The van der Waals surface area contributed by atoms with Gasteiger partial charge in [0, 0.05) is 31.3 Å². The molecule has 4 atom stereocenters. The molecule has 0 spiro atoms. The molecule has 3 aliphatic carbocycles. The molecule has 0 radical (unpaired) electrons. The lowest BCUT2D eigenvalue weighted by molar-refractivity contribution is -0.148. The Labute approximate surface area is 204 Å². The van der Waals surface area contributed by atoms with Crippen molar-refractivity contribution in [3.05, 3.63) is 45.4 Å². The number of aromatic hydroxyl groups is 1. The van der Waals surface area contributed by atoms with Crippen LogP contribution in [0.2, 0.25) is 0 Å². The molecule has 1 aromatic carbocycles. The molecule has 35 heavy (non-hydrogen) atoms. The van der Waals surface area contributed by atoms with Gasteiger partial charge in [0.05, 0.1) is 11.6 Å². The van der Waals surface area contributed by atoms with Crippen LogP contribution in [0.3, 0.4) is 0 Å². The number of rotatable bonds is 4. The molecule has 0 heterocycles. The number of nitrogens with zero attached hydrogens (tertiary/aromatic N) is 2. The lowest BCUT2D eigenvalue weighted by atomic mass is 9.58. The quantitative estimate of drug-likeness (QED) is 0.472. The highest BCUT2D eigenvalue weighted by atomic mass is 16.3. The lowest BCUT2D eigenvalue weighted by Crippen LogP contribution is -2.63. The Balaban J connectivity index is 2.00. The Morgan fingerprint density at radius 3 is 2.29 bits per heavy atom. The summed E-state index contributed by atoms with van der Waals surface area (Å²) in [5.74, 6) is -5.48. The van der Waals surface area contributed by atoms with Gasteiger partial charge < -0.3 is 25.3 Å². The number of ketones is 3. The van der Waals surface area contributed by atoms with Crippen LogP contribution in [0.15, 0.2) is 28.7 Å². The van der Waals surface area contributed by atoms with E-state index >= 15 is 0 Å². The predicted octanol–water partition coefficient (Wildman–Crippen LogP) is 1.85. The number of aliphatic hydroxyl groups is 3. The Morgan fingerprint density at radius 1 is 1.14 bits per heavy atom. The molecule has 1 aromatic rings. The van der Waals surface area contributed by atoms with Crippen molar-refractivity contribution in [2.75, 3.05) is 33.1 Å². The van der Waals surface area contributed by atoms with Gasteiger partial charge in [-0.15, -0.1) is 0 Å². The highest BCUT2D eigenvalue weighted by molar-refractivity contribution is 6.25. The fourth-order valence-corrected chi connectivity index (χ4v) is 6.12. The maximum absolute atomic E-state index is 13.8. The van der Waals surface area contributed by atoms with Crippen LogP contribution in [0.4, 0.5) is 5.69 Å². The zero-order valence-electron chi connectivity index (χ0n) is 20.8. The number of carbonyl (C=O) groups is 3. The Bertz CT molecular complexity index is 1230. The fraction of sp³-hybridized carbons (Fsp3) is 0.500. The van der Waals surface area contributed by atoms with E-state index in [0.29, 0.717) is 17.5 Å². The fourth-order valence-electron chi connectivity index (χ4n) is 6.12. The highest BCUT2D eigenvalue weighted by Gasteiger charge is 2.63. The van der Waals surface area contributed by atoms with E-state index in [1.807, 2.05) is 32.0 Å². The molecule has 0 amide bonds. The maximum atomic E-state index is 13.8. The van der Waals surface area contributed by atoms with E-state index in [1.54, 1.807) is 19.0 Å². The predicted molar refractivity (Wildman–Crippen MR) is 129 cm³/mol. The number of aryl methyl sites for hydroxylation is 1. The molecule has 9 nitrogen and oxygen atoms in total. The van der Waals surface area contributed by atoms with Crippen LogP contribution in [0.25, 0.3) is 0 Å². The highest BCUT2D eigenvalue weighted by Crippen LogP contribution is 2.53. The van der Waals surface area contributed by atoms with Gasteiger partial charge in [-0.05, 0) is 63.4 Å². The van der Waals surface area contributed by atoms with E-state index < -0.39 is 57.9 Å². The summed E-state index contributed by atoms with van der Waals surface area (Å²) in [5.41, 5.74) is -1.22. The number of phenolic OH excluding ortho intramolecular Hbond substituents is 1. The van der Waals surface area contributed by atoms with Crippen LogP contribution in [-0.4, -0.2) is 82.5 Å². The average Bonchev–Trinajstić information content (AvgIpc) is 2.75. The monoisotopic (exact) mass is 484 g/mol. The number of benzene rings is 1. The van der Waals surface area contributed by atoms with Gasteiger partial charge >= 0.3 is 0 Å². The van der Waals surface area contributed by atoms with Crippen LogP contribution in [0.1, 0.15) is 41.8 Å². The standard InChI is InChI=1S/C26H32N2O7/c1-7-12-10-16(27(3)4)14-8-13-9-15-20(28(5)6)23(32)17(11(2)29)24(33)26(15,35)25(34)18(13)22(31)19(14)21(12)30/h10,13,15,20,30,32,34-35H,7-9H2,1-6H3/t13-,15-,20+,26+/m0/s1. The van der Waals surface area contributed by atoms with Crippen LogP contribution in [0, 0.1) is 11.8 Å². The van der Waals surface area contributed by atoms with Gasteiger partial charge in [0.15, 0.2) is 17.2 Å². The second-order valence-electron chi connectivity index (χ2n) is 10.2. The van der Waals surface area contributed by atoms with Crippen molar-refractivity contribution in [1.82, 2.24) is 4.90 Å². The van der Waals surface area contributed by atoms with E-state index in [4.69, 9.17) is 0 Å². The molecular formula is C26H32N2O7.